The zero-order valence-corrected chi connectivity index (χ0v) is 18.3. The summed E-state index contributed by atoms with van der Waals surface area (Å²) in [5.41, 5.74) is 7.52. The first-order chi connectivity index (χ1) is 16.3. The van der Waals surface area contributed by atoms with Crippen LogP contribution >= 0.6 is 0 Å². The number of para-hydroxylation sites is 1. The Morgan fingerprint density at radius 3 is 2.73 bits per heavy atom. The van der Waals surface area contributed by atoms with E-state index in [2.05, 4.69) is 26.7 Å². The molecule has 4 aromatic rings. The molecule has 6 rings (SSSR count). The average Bonchev–Trinajstić information content (AvgIpc) is 2.86. The topological polar surface area (TPSA) is 95.7 Å². The van der Waals surface area contributed by atoms with Gasteiger partial charge in [-0.1, -0.05) is 49.6 Å². The van der Waals surface area contributed by atoms with Crippen LogP contribution in [0.5, 0.6) is 5.75 Å². The molecule has 33 heavy (non-hydrogen) atoms. The fourth-order valence-electron chi connectivity index (χ4n) is 5.14. The number of anilines is 1. The Morgan fingerprint density at radius 1 is 1.09 bits per heavy atom. The van der Waals surface area contributed by atoms with Gasteiger partial charge in [0.15, 0.2) is 5.35 Å². The standard InChI is InChI=1S/C26H26N4O3/c31-29-21-14-18(23(17-7-2-1-3-8-17)24-25-26(28-24)33-30-25)11-13-22(21)32-15-19-12-10-16-6-4-5-9-20(16)27-19/h4-6,9-14,17,23,29-31H,1-3,7-8,15H2. The minimum absolute atomic E-state index is 0.170. The molecule has 1 saturated carbocycles. The van der Waals surface area contributed by atoms with Crippen LogP contribution in [0.1, 0.15) is 49.3 Å². The second-order valence-electron chi connectivity index (χ2n) is 8.91. The summed E-state index contributed by atoms with van der Waals surface area (Å²) in [6.45, 7) is 0.315. The van der Waals surface area contributed by atoms with E-state index in [1.54, 1.807) is 0 Å². The van der Waals surface area contributed by atoms with Gasteiger partial charge in [-0.2, -0.15) is 0 Å². The van der Waals surface area contributed by atoms with E-state index in [-0.39, 0.29) is 5.92 Å². The van der Waals surface area contributed by atoms with Gasteiger partial charge in [0, 0.05) is 11.3 Å². The highest BCUT2D eigenvalue weighted by molar-refractivity contribution is 5.78. The molecule has 3 N–H and O–H groups in total. The van der Waals surface area contributed by atoms with Gasteiger partial charge in [0.2, 0.25) is 0 Å². The summed E-state index contributed by atoms with van der Waals surface area (Å²) in [6.07, 6.45) is 6.15. The van der Waals surface area contributed by atoms with E-state index < -0.39 is 0 Å². The fourth-order valence-corrected chi connectivity index (χ4v) is 5.14. The Bertz CT molecular complexity index is 1410. The van der Waals surface area contributed by atoms with Crippen LogP contribution < -0.4 is 21.1 Å². The van der Waals surface area contributed by atoms with Gasteiger partial charge in [-0.3, -0.25) is 10.7 Å². The maximum atomic E-state index is 9.87. The fraction of sp³-hybridized carbons (Fsp3) is 0.308. The normalized spacial score (nSPS) is 16.7. The van der Waals surface area contributed by atoms with Crippen molar-refractivity contribution in [2.45, 2.75) is 44.6 Å². The first-order valence-corrected chi connectivity index (χ1v) is 11.6. The summed E-state index contributed by atoms with van der Waals surface area (Å²) in [7, 11) is 0. The predicted octanol–water partition coefficient (Wildman–Crippen LogP) is 4.64. The van der Waals surface area contributed by atoms with Gasteiger partial charge in [-0.25, -0.2) is 15.1 Å². The lowest BCUT2D eigenvalue weighted by molar-refractivity contribution is 0.271. The molecular formula is C26H26N4O3. The minimum Gasteiger partial charge on any atom is -0.485 e. The number of aromatic nitrogens is 2. The van der Waals surface area contributed by atoms with Crippen LogP contribution in [-0.2, 0) is 6.61 Å². The van der Waals surface area contributed by atoms with Crippen LogP contribution in [0.15, 0.2) is 64.1 Å². The van der Waals surface area contributed by atoms with Crippen LogP contribution in [0.2, 0.25) is 0 Å². The highest BCUT2D eigenvalue weighted by atomic mass is 16.5. The maximum absolute atomic E-state index is 9.87. The number of pyridine rings is 1. The van der Waals surface area contributed by atoms with Crippen molar-refractivity contribution >= 4 is 22.3 Å². The Balaban J connectivity index is 1.26. The number of fused-ring (bicyclic) bond motifs is 2. The smallest absolute Gasteiger partial charge is 0.274 e. The van der Waals surface area contributed by atoms with Crippen molar-refractivity contribution in [1.29, 1.82) is 0 Å². The molecule has 2 aliphatic rings. The van der Waals surface area contributed by atoms with E-state index in [4.69, 9.17) is 9.26 Å². The minimum atomic E-state index is 0.170. The zero-order valence-electron chi connectivity index (χ0n) is 18.3. The predicted molar refractivity (Wildman–Crippen MR) is 124 cm³/mol. The first kappa shape index (κ1) is 20.1. The van der Waals surface area contributed by atoms with E-state index in [1.807, 2.05) is 48.5 Å². The Hall–Kier alpha value is -3.58. The quantitative estimate of drug-likeness (QED) is 0.362. The molecule has 0 bridgehead atoms. The second kappa shape index (κ2) is 8.41. The Labute approximate surface area is 190 Å². The number of nitrogens with zero attached hydrogens (tertiary/aromatic N) is 2. The molecule has 168 valence electrons. The molecule has 2 aromatic heterocycles. The summed E-state index contributed by atoms with van der Waals surface area (Å²) in [4.78, 5) is 9.28. The third-order valence-corrected chi connectivity index (χ3v) is 6.87. The van der Waals surface area contributed by atoms with Gasteiger partial charge in [0.25, 0.3) is 5.55 Å². The second-order valence-corrected chi connectivity index (χ2v) is 8.91. The van der Waals surface area contributed by atoms with Crippen LogP contribution in [0.4, 0.5) is 5.69 Å². The molecule has 1 fully saturated rings. The third-order valence-electron chi connectivity index (χ3n) is 6.87. The number of aromatic amines is 1. The molecule has 2 aromatic carbocycles. The van der Waals surface area contributed by atoms with Gasteiger partial charge in [0.05, 0.1) is 16.9 Å². The van der Waals surface area contributed by atoms with E-state index >= 15 is 0 Å². The highest BCUT2D eigenvalue weighted by Crippen LogP contribution is 2.43. The largest absolute Gasteiger partial charge is 0.485 e. The number of nitrogens with one attached hydrogen (secondary N) is 2. The average molecular weight is 443 g/mol. The van der Waals surface area contributed by atoms with E-state index in [0.717, 1.165) is 33.2 Å². The lowest BCUT2D eigenvalue weighted by atomic mass is 9.74. The maximum Gasteiger partial charge on any atom is 0.274 e. The van der Waals surface area contributed by atoms with Crippen molar-refractivity contribution in [1.82, 2.24) is 10.1 Å². The van der Waals surface area contributed by atoms with Crippen molar-refractivity contribution < 1.29 is 14.5 Å². The number of benzene rings is 2. The van der Waals surface area contributed by atoms with Crippen molar-refractivity contribution in [3.05, 3.63) is 76.8 Å². The van der Waals surface area contributed by atoms with Crippen molar-refractivity contribution in [2.75, 3.05) is 5.48 Å². The summed E-state index contributed by atoms with van der Waals surface area (Å²) in [5.74, 6) is 1.27. The van der Waals surface area contributed by atoms with Gasteiger partial charge in [0.1, 0.15) is 18.0 Å². The number of hydrogen-bond acceptors (Lipinski definition) is 6. The number of hydrogen-bond donors (Lipinski definition) is 3. The molecule has 7 heteroatoms. The molecule has 1 atom stereocenters. The summed E-state index contributed by atoms with van der Waals surface area (Å²) >= 11 is 0. The molecular weight excluding hydrogens is 416 g/mol. The van der Waals surface area contributed by atoms with E-state index in [0.29, 0.717) is 29.5 Å². The lowest BCUT2D eigenvalue weighted by Gasteiger charge is -2.32. The molecule has 1 aliphatic carbocycles. The molecule has 7 nitrogen and oxygen atoms in total. The van der Waals surface area contributed by atoms with Crippen LogP contribution in [0.3, 0.4) is 0 Å². The monoisotopic (exact) mass is 442 g/mol. The van der Waals surface area contributed by atoms with E-state index in [9.17, 15) is 5.21 Å². The first-order valence-electron chi connectivity index (χ1n) is 11.6. The Morgan fingerprint density at radius 2 is 1.97 bits per heavy atom. The van der Waals surface area contributed by atoms with Gasteiger partial charge < -0.3 is 9.26 Å². The van der Waals surface area contributed by atoms with Crippen molar-refractivity contribution in [2.24, 2.45) is 10.9 Å². The highest BCUT2D eigenvalue weighted by Gasteiger charge is 2.33. The molecule has 3 heterocycles. The summed E-state index contributed by atoms with van der Waals surface area (Å²) < 4.78 is 11.2. The molecule has 1 unspecified atom stereocenters. The van der Waals surface area contributed by atoms with Crippen LogP contribution in [0, 0.1) is 5.92 Å². The van der Waals surface area contributed by atoms with Crippen LogP contribution in [0.25, 0.3) is 16.6 Å². The molecule has 0 amide bonds. The van der Waals surface area contributed by atoms with Crippen LogP contribution in [-0.4, -0.2) is 15.3 Å². The SMILES string of the molecule is ONc1cc(C(C2=c3[nH]oc3=N2)C2CCCCC2)ccc1OCc1ccc2ccccc2n1. The molecule has 0 spiro atoms. The summed E-state index contributed by atoms with van der Waals surface area (Å²) in [6, 6.07) is 18.0. The van der Waals surface area contributed by atoms with Crippen molar-refractivity contribution in [3.8, 4) is 5.75 Å². The lowest BCUT2D eigenvalue weighted by Crippen LogP contribution is -2.46. The zero-order chi connectivity index (χ0) is 22.2. The molecule has 0 radical (unpaired) electrons. The molecule has 1 aliphatic heterocycles. The number of H-pyrrole nitrogens is 1. The third kappa shape index (κ3) is 3.68. The van der Waals surface area contributed by atoms with Gasteiger partial charge in [-0.05, 0) is 48.6 Å². The number of rotatable bonds is 7. The van der Waals surface area contributed by atoms with Gasteiger partial charge >= 0.3 is 0 Å². The van der Waals surface area contributed by atoms with Gasteiger partial charge in [-0.15, -0.1) is 0 Å². The molecule has 0 saturated heterocycles. The number of ether oxygens (including phenoxy) is 1. The summed E-state index contributed by atoms with van der Waals surface area (Å²) in [5, 5.41) is 14.9. The van der Waals surface area contributed by atoms with Crippen molar-refractivity contribution in [3.63, 3.8) is 0 Å². The van der Waals surface area contributed by atoms with E-state index in [1.165, 1.54) is 32.1 Å². The Kier molecular flexibility index (Phi) is 5.11.